The van der Waals surface area contributed by atoms with Crippen molar-refractivity contribution in [2.75, 3.05) is 5.32 Å². The van der Waals surface area contributed by atoms with E-state index in [4.69, 9.17) is 5.26 Å². The molecule has 0 atom stereocenters. The van der Waals surface area contributed by atoms with Gasteiger partial charge in [-0.2, -0.15) is 18.4 Å². The van der Waals surface area contributed by atoms with Crippen LogP contribution in [0.5, 0.6) is 0 Å². The van der Waals surface area contributed by atoms with E-state index in [-0.39, 0.29) is 11.3 Å². The molecule has 2 aromatic heterocycles. The predicted octanol–water partition coefficient (Wildman–Crippen LogP) is 4.04. The van der Waals surface area contributed by atoms with Gasteiger partial charge in [0.25, 0.3) is 5.91 Å². The molecule has 5 nitrogen and oxygen atoms in total. The minimum Gasteiger partial charge on any atom is -0.321 e. The number of amides is 1. The largest absolute Gasteiger partial charge is 0.417 e. The van der Waals surface area contributed by atoms with Crippen molar-refractivity contribution in [3.8, 4) is 6.07 Å². The first-order valence-electron chi connectivity index (χ1n) is 7.73. The maximum absolute atomic E-state index is 13.0. The number of aromatic nitrogens is 2. The molecule has 0 bridgehead atoms. The van der Waals surface area contributed by atoms with Gasteiger partial charge < -0.3 is 5.32 Å². The summed E-state index contributed by atoms with van der Waals surface area (Å²) in [4.78, 5) is 16.9. The van der Waals surface area contributed by atoms with Gasteiger partial charge in [-0.25, -0.2) is 4.98 Å². The van der Waals surface area contributed by atoms with Crippen molar-refractivity contribution in [2.24, 2.45) is 0 Å². The SMILES string of the molecule is CCc1nc2ccc(C(F)(F)F)cn2c1C(=O)Nc1cccc(C#N)c1. The Morgan fingerprint density at radius 2 is 2.08 bits per heavy atom. The monoisotopic (exact) mass is 358 g/mol. The molecule has 3 rings (SSSR count). The van der Waals surface area contributed by atoms with Crippen molar-refractivity contribution >= 4 is 17.2 Å². The van der Waals surface area contributed by atoms with Gasteiger partial charge in [-0.3, -0.25) is 9.20 Å². The van der Waals surface area contributed by atoms with Crippen LogP contribution < -0.4 is 5.32 Å². The molecule has 1 N–H and O–H groups in total. The van der Waals surface area contributed by atoms with Crippen molar-refractivity contribution in [1.82, 2.24) is 9.38 Å². The maximum Gasteiger partial charge on any atom is 0.417 e. The highest BCUT2D eigenvalue weighted by Gasteiger charge is 2.31. The van der Waals surface area contributed by atoms with E-state index in [2.05, 4.69) is 10.3 Å². The van der Waals surface area contributed by atoms with Crippen molar-refractivity contribution in [1.29, 1.82) is 5.26 Å². The van der Waals surface area contributed by atoms with E-state index >= 15 is 0 Å². The van der Waals surface area contributed by atoms with Gasteiger partial charge in [0, 0.05) is 11.9 Å². The molecule has 2 heterocycles. The lowest BCUT2D eigenvalue weighted by Gasteiger charge is -2.09. The van der Waals surface area contributed by atoms with Crippen molar-refractivity contribution in [3.63, 3.8) is 0 Å². The Morgan fingerprint density at radius 3 is 2.73 bits per heavy atom. The molecule has 0 aliphatic rings. The van der Waals surface area contributed by atoms with E-state index < -0.39 is 17.6 Å². The molecule has 0 spiro atoms. The number of imidazole rings is 1. The number of anilines is 1. The van der Waals surface area contributed by atoms with Crippen LogP contribution in [0.2, 0.25) is 0 Å². The Bertz CT molecular complexity index is 1030. The van der Waals surface area contributed by atoms with E-state index in [1.807, 2.05) is 6.07 Å². The zero-order valence-electron chi connectivity index (χ0n) is 13.6. The summed E-state index contributed by atoms with van der Waals surface area (Å²) in [5.74, 6) is -0.594. The number of aryl methyl sites for hydroxylation is 1. The second-order valence-electron chi connectivity index (χ2n) is 5.55. The third-order valence-corrected chi connectivity index (χ3v) is 3.82. The summed E-state index contributed by atoms with van der Waals surface area (Å²) in [6.45, 7) is 1.76. The van der Waals surface area contributed by atoms with Crippen LogP contribution in [0.1, 0.15) is 34.2 Å². The Balaban J connectivity index is 2.07. The average Bonchev–Trinajstić information content (AvgIpc) is 2.99. The topological polar surface area (TPSA) is 70.2 Å². The van der Waals surface area contributed by atoms with Crippen LogP contribution in [0.3, 0.4) is 0 Å². The molecular formula is C18H13F3N4O. The Hall–Kier alpha value is -3.34. The molecule has 0 aliphatic carbocycles. The predicted molar refractivity (Wildman–Crippen MR) is 88.7 cm³/mol. The van der Waals surface area contributed by atoms with Crippen molar-refractivity contribution < 1.29 is 18.0 Å². The molecule has 132 valence electrons. The minimum atomic E-state index is -4.53. The number of pyridine rings is 1. The molecule has 0 radical (unpaired) electrons. The molecule has 8 heteroatoms. The molecule has 0 saturated carbocycles. The van der Waals surface area contributed by atoms with E-state index in [0.717, 1.165) is 16.7 Å². The normalized spacial score (nSPS) is 11.3. The Kier molecular flexibility index (Phi) is 4.38. The molecule has 26 heavy (non-hydrogen) atoms. The van der Waals surface area contributed by atoms with Crippen LogP contribution in [-0.2, 0) is 12.6 Å². The van der Waals surface area contributed by atoms with E-state index in [9.17, 15) is 18.0 Å². The van der Waals surface area contributed by atoms with Crippen LogP contribution in [0.15, 0.2) is 42.6 Å². The zero-order valence-corrected chi connectivity index (χ0v) is 13.6. The van der Waals surface area contributed by atoms with Gasteiger partial charge in [-0.05, 0) is 36.8 Å². The van der Waals surface area contributed by atoms with Crippen LogP contribution in [0, 0.1) is 11.3 Å². The molecule has 0 saturated heterocycles. The van der Waals surface area contributed by atoms with Gasteiger partial charge in [0.15, 0.2) is 0 Å². The highest BCUT2D eigenvalue weighted by atomic mass is 19.4. The Morgan fingerprint density at radius 1 is 1.31 bits per heavy atom. The number of benzene rings is 1. The molecule has 0 fully saturated rings. The van der Waals surface area contributed by atoms with Crippen LogP contribution in [-0.4, -0.2) is 15.3 Å². The number of carbonyl (C=O) groups excluding carboxylic acids is 1. The van der Waals surface area contributed by atoms with Crippen LogP contribution >= 0.6 is 0 Å². The fourth-order valence-electron chi connectivity index (χ4n) is 2.60. The summed E-state index contributed by atoms with van der Waals surface area (Å²) in [5, 5.41) is 11.5. The summed E-state index contributed by atoms with van der Waals surface area (Å²) in [6, 6.07) is 10.4. The number of hydrogen-bond donors (Lipinski definition) is 1. The second-order valence-corrected chi connectivity index (χ2v) is 5.55. The fraction of sp³-hybridized carbons (Fsp3) is 0.167. The molecule has 1 aromatic carbocycles. The number of alkyl halides is 3. The summed E-state index contributed by atoms with van der Waals surface area (Å²) in [5.41, 5.74) is 0.541. The number of halogens is 3. The number of carbonyl (C=O) groups is 1. The second kappa shape index (κ2) is 6.52. The quantitative estimate of drug-likeness (QED) is 0.768. The summed E-state index contributed by atoms with van der Waals surface area (Å²) in [7, 11) is 0. The number of fused-ring (bicyclic) bond motifs is 1. The lowest BCUT2D eigenvalue weighted by atomic mass is 10.2. The third kappa shape index (κ3) is 3.24. The van der Waals surface area contributed by atoms with E-state index in [0.29, 0.717) is 23.4 Å². The molecule has 0 aliphatic heterocycles. The molecule has 0 unspecified atom stereocenters. The van der Waals surface area contributed by atoms with E-state index in [1.165, 1.54) is 12.1 Å². The number of nitriles is 1. The van der Waals surface area contributed by atoms with E-state index in [1.54, 1.807) is 25.1 Å². The fourth-order valence-corrected chi connectivity index (χ4v) is 2.60. The smallest absolute Gasteiger partial charge is 0.321 e. The van der Waals surface area contributed by atoms with Crippen LogP contribution in [0.25, 0.3) is 5.65 Å². The number of nitrogens with zero attached hydrogens (tertiary/aromatic N) is 3. The first-order valence-corrected chi connectivity index (χ1v) is 7.73. The molecule has 3 aromatic rings. The van der Waals surface area contributed by atoms with Gasteiger partial charge >= 0.3 is 6.18 Å². The van der Waals surface area contributed by atoms with Gasteiger partial charge in [0.05, 0.1) is 22.9 Å². The molecular weight excluding hydrogens is 345 g/mol. The summed E-state index contributed by atoms with van der Waals surface area (Å²) >= 11 is 0. The van der Waals surface area contributed by atoms with Gasteiger partial charge in [-0.1, -0.05) is 13.0 Å². The number of hydrogen-bond acceptors (Lipinski definition) is 3. The highest BCUT2D eigenvalue weighted by Crippen LogP contribution is 2.30. The maximum atomic E-state index is 13.0. The summed E-state index contributed by atoms with van der Waals surface area (Å²) in [6.07, 6.45) is -3.29. The molecule has 1 amide bonds. The van der Waals surface area contributed by atoms with Gasteiger partial charge in [0.2, 0.25) is 0 Å². The Labute approximate surface area is 146 Å². The lowest BCUT2D eigenvalue weighted by molar-refractivity contribution is -0.137. The average molecular weight is 358 g/mol. The first-order chi connectivity index (χ1) is 12.3. The zero-order chi connectivity index (χ0) is 18.9. The van der Waals surface area contributed by atoms with Gasteiger partial charge in [-0.15, -0.1) is 0 Å². The first kappa shape index (κ1) is 17.5. The lowest BCUT2D eigenvalue weighted by Crippen LogP contribution is -2.17. The van der Waals surface area contributed by atoms with Crippen molar-refractivity contribution in [3.05, 3.63) is 65.1 Å². The third-order valence-electron chi connectivity index (χ3n) is 3.82. The minimum absolute atomic E-state index is 0.0379. The van der Waals surface area contributed by atoms with Crippen LogP contribution in [0.4, 0.5) is 18.9 Å². The standard InChI is InChI=1S/C18H13F3N4O/c1-2-14-16(17(26)23-13-5-3-4-11(8-13)9-22)25-10-12(18(19,20)21)6-7-15(25)24-14/h3-8,10H,2H2,1H3,(H,23,26). The number of nitrogens with one attached hydrogen (secondary N) is 1. The van der Waals surface area contributed by atoms with Gasteiger partial charge in [0.1, 0.15) is 11.3 Å². The number of rotatable bonds is 3. The summed E-state index contributed by atoms with van der Waals surface area (Å²) < 4.78 is 40.2. The van der Waals surface area contributed by atoms with Crippen molar-refractivity contribution in [2.45, 2.75) is 19.5 Å². The highest BCUT2D eigenvalue weighted by molar-refractivity contribution is 6.04.